The van der Waals surface area contributed by atoms with Gasteiger partial charge in [0.1, 0.15) is 0 Å². The molecule has 0 amide bonds. The first-order valence-corrected chi connectivity index (χ1v) is 21.7. The summed E-state index contributed by atoms with van der Waals surface area (Å²) in [4.78, 5) is 5.52. The second kappa shape index (κ2) is 14.2. The Bertz CT molecular complexity index is 3600. The number of nitrogens with zero attached hydrogens (tertiary/aromatic N) is 3. The fourth-order valence-electron chi connectivity index (χ4n) is 10.4. The highest BCUT2D eigenvalue weighted by Crippen LogP contribution is 2.48. The van der Waals surface area contributed by atoms with Gasteiger partial charge in [-0.3, -0.25) is 0 Å². The van der Waals surface area contributed by atoms with Gasteiger partial charge in [-0.2, -0.15) is 0 Å². The van der Waals surface area contributed by atoms with E-state index in [9.17, 15) is 0 Å². The predicted octanol–water partition coefficient (Wildman–Crippen LogP) is 15.4. The molecular formula is C60H39N3. The van der Waals surface area contributed by atoms with E-state index in [0.29, 0.717) is 0 Å². The Labute approximate surface area is 365 Å². The minimum Gasteiger partial charge on any atom is -0.309 e. The average molecular weight is 802 g/mol. The molecule has 63 heavy (non-hydrogen) atoms. The van der Waals surface area contributed by atoms with Gasteiger partial charge in [0.05, 0.1) is 33.5 Å². The van der Waals surface area contributed by atoms with Gasteiger partial charge in [0.2, 0.25) is 0 Å². The molecule has 0 spiro atoms. The van der Waals surface area contributed by atoms with E-state index >= 15 is 0 Å². The van der Waals surface area contributed by atoms with E-state index in [4.69, 9.17) is 4.98 Å². The fraction of sp³-hybridized carbons (Fsp3) is 0.0167. The van der Waals surface area contributed by atoms with Crippen molar-refractivity contribution in [2.75, 3.05) is 0 Å². The molecule has 294 valence electrons. The number of hydrogen-bond donors (Lipinski definition) is 0. The topological polar surface area (TPSA) is 22.8 Å². The SMILES string of the molecule is c1cc(-c2cc(-c3ccc(-n4c5ccccc5c5ccccc54)cc3)cc(-c3cccc(-n4c5ccccc5c5ccccc54)c3)n2)cc(C2c3ccccc3-c3ccccc32)c1. The first kappa shape index (κ1) is 35.5. The summed E-state index contributed by atoms with van der Waals surface area (Å²) in [6, 6.07) is 84.0. The van der Waals surface area contributed by atoms with Crippen molar-refractivity contribution in [3.05, 3.63) is 247 Å². The van der Waals surface area contributed by atoms with Crippen LogP contribution in [0.3, 0.4) is 0 Å². The highest BCUT2D eigenvalue weighted by atomic mass is 15.0. The Kier molecular flexibility index (Phi) is 7.97. The molecule has 3 nitrogen and oxygen atoms in total. The molecule has 0 saturated carbocycles. The molecule has 1 aliphatic carbocycles. The smallest absolute Gasteiger partial charge is 0.0716 e. The third-order valence-electron chi connectivity index (χ3n) is 13.2. The van der Waals surface area contributed by atoms with Crippen molar-refractivity contribution < 1.29 is 0 Å². The Morgan fingerprint density at radius 2 is 0.746 bits per heavy atom. The molecule has 0 unspecified atom stereocenters. The molecule has 0 fully saturated rings. The van der Waals surface area contributed by atoms with Crippen molar-refractivity contribution in [2.45, 2.75) is 5.92 Å². The number of rotatable bonds is 6. The van der Waals surface area contributed by atoms with Gasteiger partial charge in [0.15, 0.2) is 0 Å². The van der Waals surface area contributed by atoms with Crippen LogP contribution in [0.25, 0.3) is 99.8 Å². The van der Waals surface area contributed by atoms with Crippen LogP contribution in [-0.4, -0.2) is 14.1 Å². The van der Waals surface area contributed by atoms with E-state index in [1.807, 2.05) is 0 Å². The Morgan fingerprint density at radius 1 is 0.302 bits per heavy atom. The summed E-state index contributed by atoms with van der Waals surface area (Å²) in [7, 11) is 0. The third-order valence-corrected chi connectivity index (χ3v) is 13.2. The molecule has 0 saturated heterocycles. The molecule has 0 radical (unpaired) electrons. The van der Waals surface area contributed by atoms with Crippen LogP contribution < -0.4 is 0 Å². The molecular weight excluding hydrogens is 763 g/mol. The molecule has 0 atom stereocenters. The Morgan fingerprint density at radius 3 is 1.29 bits per heavy atom. The van der Waals surface area contributed by atoms with Crippen LogP contribution in [0.5, 0.6) is 0 Å². The monoisotopic (exact) mass is 801 g/mol. The van der Waals surface area contributed by atoms with Crippen molar-refractivity contribution in [3.63, 3.8) is 0 Å². The van der Waals surface area contributed by atoms with Crippen LogP contribution in [0.2, 0.25) is 0 Å². The summed E-state index contributed by atoms with van der Waals surface area (Å²) in [6.45, 7) is 0. The lowest BCUT2D eigenvalue weighted by Crippen LogP contribution is -2.00. The molecule has 3 heteroatoms. The van der Waals surface area contributed by atoms with Crippen molar-refractivity contribution in [1.82, 2.24) is 14.1 Å². The van der Waals surface area contributed by atoms with Gasteiger partial charge < -0.3 is 9.13 Å². The minimum atomic E-state index is 0.149. The number of hydrogen-bond acceptors (Lipinski definition) is 1. The van der Waals surface area contributed by atoms with E-state index in [1.165, 1.54) is 71.4 Å². The molecule has 3 heterocycles. The predicted molar refractivity (Wildman–Crippen MR) is 262 cm³/mol. The van der Waals surface area contributed by atoms with E-state index in [-0.39, 0.29) is 5.92 Å². The molecule has 0 aliphatic heterocycles. The largest absolute Gasteiger partial charge is 0.309 e. The van der Waals surface area contributed by atoms with Crippen LogP contribution in [0.1, 0.15) is 22.6 Å². The summed E-state index contributed by atoms with van der Waals surface area (Å²) in [6.07, 6.45) is 0. The lowest BCUT2D eigenvalue weighted by molar-refractivity contribution is 1.01. The van der Waals surface area contributed by atoms with Gasteiger partial charge in [-0.05, 0) is 106 Å². The number of benzene rings is 9. The second-order valence-corrected chi connectivity index (χ2v) is 16.7. The second-order valence-electron chi connectivity index (χ2n) is 16.7. The molecule has 1 aliphatic rings. The van der Waals surface area contributed by atoms with E-state index in [0.717, 1.165) is 45.0 Å². The van der Waals surface area contributed by atoms with Crippen LogP contribution in [0, 0.1) is 0 Å². The van der Waals surface area contributed by atoms with Gasteiger partial charge >= 0.3 is 0 Å². The maximum atomic E-state index is 5.52. The van der Waals surface area contributed by atoms with Gasteiger partial charge in [-0.1, -0.05) is 164 Å². The van der Waals surface area contributed by atoms with Crippen molar-refractivity contribution in [2.24, 2.45) is 0 Å². The van der Waals surface area contributed by atoms with Gasteiger partial charge in [0.25, 0.3) is 0 Å². The molecule has 13 rings (SSSR count). The van der Waals surface area contributed by atoms with Crippen molar-refractivity contribution in [3.8, 4) is 56.1 Å². The fourth-order valence-corrected chi connectivity index (χ4v) is 10.4. The molecule has 0 bridgehead atoms. The lowest BCUT2D eigenvalue weighted by atomic mass is 9.88. The maximum Gasteiger partial charge on any atom is 0.0716 e. The maximum absolute atomic E-state index is 5.52. The zero-order chi connectivity index (χ0) is 41.4. The summed E-state index contributed by atoms with van der Waals surface area (Å²) in [5, 5.41) is 5.02. The number of aromatic nitrogens is 3. The zero-order valence-electron chi connectivity index (χ0n) is 34.4. The van der Waals surface area contributed by atoms with Crippen LogP contribution >= 0.6 is 0 Å². The van der Waals surface area contributed by atoms with E-state index in [1.54, 1.807) is 0 Å². The highest BCUT2D eigenvalue weighted by Gasteiger charge is 2.29. The van der Waals surface area contributed by atoms with Crippen LogP contribution in [0.4, 0.5) is 0 Å². The highest BCUT2D eigenvalue weighted by molar-refractivity contribution is 6.10. The first-order chi connectivity index (χ1) is 31.2. The minimum absolute atomic E-state index is 0.149. The first-order valence-electron chi connectivity index (χ1n) is 21.7. The third kappa shape index (κ3) is 5.64. The summed E-state index contributed by atoms with van der Waals surface area (Å²) >= 11 is 0. The van der Waals surface area contributed by atoms with Gasteiger partial charge in [-0.15, -0.1) is 0 Å². The number of para-hydroxylation sites is 4. The summed E-state index contributed by atoms with van der Waals surface area (Å²) in [5.74, 6) is 0.149. The van der Waals surface area contributed by atoms with Crippen LogP contribution in [0.15, 0.2) is 231 Å². The lowest BCUT2D eigenvalue weighted by Gasteiger charge is -2.17. The van der Waals surface area contributed by atoms with Gasteiger partial charge in [0, 0.05) is 50.0 Å². The Balaban J connectivity index is 0.971. The van der Waals surface area contributed by atoms with E-state index in [2.05, 4.69) is 240 Å². The normalized spacial score (nSPS) is 12.4. The molecule has 12 aromatic rings. The van der Waals surface area contributed by atoms with Crippen molar-refractivity contribution in [1.29, 1.82) is 0 Å². The molecule has 9 aromatic carbocycles. The standard InChI is InChI=1S/C60H39N3/c1-3-25-52-46(19-1)47-20-2-4-26-53(47)60(52)42-17-13-15-40(35-42)54-37-43(39-31-33-44(34-32-39)62-56-27-9-5-21-48(56)49-22-6-10-28-57(49)62)38-55(61-54)41-16-14-18-45(36-41)63-58-29-11-7-23-50(58)51-24-8-12-30-59(51)63/h1-38,60H. The van der Waals surface area contributed by atoms with Crippen LogP contribution in [-0.2, 0) is 0 Å². The van der Waals surface area contributed by atoms with E-state index < -0.39 is 0 Å². The Hall–Kier alpha value is -8.27. The zero-order valence-corrected chi connectivity index (χ0v) is 34.4. The average Bonchev–Trinajstić information content (AvgIpc) is 4.00. The number of pyridine rings is 1. The summed E-state index contributed by atoms with van der Waals surface area (Å²) in [5.41, 5.74) is 19.9. The quantitative estimate of drug-likeness (QED) is 0.164. The van der Waals surface area contributed by atoms with Crippen molar-refractivity contribution >= 4 is 43.6 Å². The molecule has 0 N–H and O–H groups in total. The summed E-state index contributed by atoms with van der Waals surface area (Å²) < 4.78 is 4.76. The van der Waals surface area contributed by atoms with Gasteiger partial charge in [-0.25, -0.2) is 4.98 Å². The number of fused-ring (bicyclic) bond motifs is 9. The molecule has 3 aromatic heterocycles.